The normalized spacial score (nSPS) is 12.6. The van der Waals surface area contributed by atoms with Gasteiger partial charge in [0, 0.05) is 5.56 Å². The molecular formula is C28H31K2NO8S. The molecule has 1 heterocycles. The Morgan fingerprint density at radius 3 is 2.23 bits per heavy atom. The van der Waals surface area contributed by atoms with E-state index in [2.05, 4.69) is 4.72 Å². The summed E-state index contributed by atoms with van der Waals surface area (Å²) >= 11 is 0. The second-order valence-electron chi connectivity index (χ2n) is 9.18. The van der Waals surface area contributed by atoms with Crippen LogP contribution in [-0.4, -0.2) is 135 Å². The maximum atomic E-state index is 13.5. The van der Waals surface area contributed by atoms with Crippen molar-refractivity contribution in [2.45, 2.75) is 50.5 Å². The number of hydrogen-bond acceptors (Lipinski definition) is 7. The molecule has 0 saturated heterocycles. The van der Waals surface area contributed by atoms with E-state index in [4.69, 9.17) is 14.2 Å². The topological polar surface area (TPSA) is 128 Å². The molecule has 0 bridgehead atoms. The molecule has 1 aliphatic heterocycles. The van der Waals surface area contributed by atoms with Crippen LogP contribution in [0.4, 0.5) is 0 Å². The van der Waals surface area contributed by atoms with E-state index in [9.17, 15) is 23.1 Å². The molecule has 40 heavy (non-hydrogen) atoms. The van der Waals surface area contributed by atoms with Crippen LogP contribution in [0.2, 0.25) is 0 Å². The quantitative estimate of drug-likeness (QED) is 0.330. The van der Waals surface area contributed by atoms with Gasteiger partial charge >= 0.3 is 109 Å². The molecule has 1 aliphatic rings. The molecule has 4 rings (SSSR count). The SMILES string of the molecule is CCCc1cc(C(=O)O)ccc1OC(C(=O)NS(=O)(=O)c1ccc(C(C)C)cc1)c1ccc2c(c1)OCO2.[KH].[KH]. The van der Waals surface area contributed by atoms with Crippen molar-refractivity contribution in [2.24, 2.45) is 0 Å². The van der Waals surface area contributed by atoms with Crippen LogP contribution >= 0.6 is 0 Å². The van der Waals surface area contributed by atoms with E-state index in [-0.39, 0.29) is 132 Å². The van der Waals surface area contributed by atoms with Gasteiger partial charge < -0.3 is 19.3 Å². The minimum absolute atomic E-state index is 0. The molecule has 2 N–H and O–H groups in total. The van der Waals surface area contributed by atoms with Crippen LogP contribution in [0.1, 0.15) is 66.3 Å². The maximum absolute atomic E-state index is 13.5. The first-order valence-electron chi connectivity index (χ1n) is 12.2. The van der Waals surface area contributed by atoms with Gasteiger partial charge in [-0.2, -0.15) is 0 Å². The van der Waals surface area contributed by atoms with Gasteiger partial charge in [-0.3, -0.25) is 4.79 Å². The third-order valence-electron chi connectivity index (χ3n) is 6.10. The molecule has 3 aromatic carbocycles. The Kier molecular flexibility index (Phi) is 13.8. The molecule has 9 nitrogen and oxygen atoms in total. The summed E-state index contributed by atoms with van der Waals surface area (Å²) < 4.78 is 45.2. The summed E-state index contributed by atoms with van der Waals surface area (Å²) in [6.45, 7) is 5.94. The van der Waals surface area contributed by atoms with Crippen molar-refractivity contribution in [3.05, 3.63) is 82.9 Å². The van der Waals surface area contributed by atoms with Crippen LogP contribution < -0.4 is 18.9 Å². The number of benzene rings is 3. The second kappa shape index (κ2) is 15.6. The zero-order valence-corrected chi connectivity index (χ0v) is 22.1. The predicted molar refractivity (Wildman–Crippen MR) is 153 cm³/mol. The van der Waals surface area contributed by atoms with E-state index >= 15 is 0 Å². The van der Waals surface area contributed by atoms with Crippen molar-refractivity contribution in [1.82, 2.24) is 4.72 Å². The van der Waals surface area contributed by atoms with Gasteiger partial charge in [-0.15, -0.1) is 0 Å². The fourth-order valence-electron chi connectivity index (χ4n) is 4.05. The number of aromatic carboxylic acids is 1. The molecule has 1 atom stereocenters. The van der Waals surface area contributed by atoms with Gasteiger partial charge in [0.05, 0.1) is 10.5 Å². The summed E-state index contributed by atoms with van der Waals surface area (Å²) in [7, 11) is -4.21. The minimum atomic E-state index is -4.21. The standard InChI is InChI=1S/C28H29NO8S.2K.2H/c1-4-5-19-14-21(28(31)32)9-12-23(19)37-26(20-8-13-24-25(15-20)36-16-35-24)27(30)29-38(33,34)22-10-6-18(7-11-22)17(2)3;;;;/h6-15,17,26H,4-5,16H2,1-3H3,(H,29,30)(H,31,32);;;;. The third kappa shape index (κ3) is 8.63. The first kappa shape index (κ1) is 35.4. The molecule has 1 unspecified atom stereocenters. The Balaban J connectivity index is 0.00000280. The molecule has 0 saturated carbocycles. The van der Waals surface area contributed by atoms with Crippen molar-refractivity contribution in [1.29, 1.82) is 0 Å². The molecule has 0 fully saturated rings. The summed E-state index contributed by atoms with van der Waals surface area (Å²) in [6.07, 6.45) is -0.200. The summed E-state index contributed by atoms with van der Waals surface area (Å²) in [4.78, 5) is 24.9. The van der Waals surface area contributed by atoms with Crippen LogP contribution in [0.3, 0.4) is 0 Å². The Morgan fingerprint density at radius 2 is 1.60 bits per heavy atom. The number of carbonyl (C=O) groups is 2. The van der Waals surface area contributed by atoms with Gasteiger partial charge in [0.1, 0.15) is 5.75 Å². The van der Waals surface area contributed by atoms with E-state index in [1.54, 1.807) is 30.3 Å². The van der Waals surface area contributed by atoms with E-state index in [0.717, 1.165) is 5.56 Å². The van der Waals surface area contributed by atoms with Gasteiger partial charge in [-0.05, 0) is 65.9 Å². The fourth-order valence-corrected chi connectivity index (χ4v) is 5.03. The van der Waals surface area contributed by atoms with Gasteiger partial charge in [-0.1, -0.05) is 45.4 Å². The Bertz CT molecular complexity index is 1460. The summed E-state index contributed by atoms with van der Waals surface area (Å²) in [5, 5.41) is 9.39. The number of nitrogens with one attached hydrogen (secondary N) is 1. The molecule has 3 aromatic rings. The van der Waals surface area contributed by atoms with E-state index in [0.29, 0.717) is 35.5 Å². The van der Waals surface area contributed by atoms with Crippen molar-refractivity contribution in [3.63, 3.8) is 0 Å². The van der Waals surface area contributed by atoms with Crippen LogP contribution in [0.5, 0.6) is 17.2 Å². The van der Waals surface area contributed by atoms with Gasteiger partial charge in [0.15, 0.2) is 11.5 Å². The number of hydrogen-bond donors (Lipinski definition) is 2. The molecule has 0 spiro atoms. The van der Waals surface area contributed by atoms with Crippen molar-refractivity contribution >= 4 is 125 Å². The molecule has 12 heteroatoms. The Morgan fingerprint density at radius 1 is 0.950 bits per heavy atom. The van der Waals surface area contributed by atoms with E-state index in [1.807, 2.05) is 20.8 Å². The number of amides is 1. The number of carboxylic acids is 1. The summed E-state index contributed by atoms with van der Waals surface area (Å²) in [5.74, 6) is -0.632. The van der Waals surface area contributed by atoms with Gasteiger partial charge in [0.2, 0.25) is 12.9 Å². The van der Waals surface area contributed by atoms with Crippen molar-refractivity contribution in [3.8, 4) is 17.2 Å². The molecule has 0 aromatic heterocycles. The first-order valence-corrected chi connectivity index (χ1v) is 13.7. The fraction of sp³-hybridized carbons (Fsp3) is 0.286. The number of rotatable bonds is 10. The monoisotopic (exact) mass is 619 g/mol. The second-order valence-corrected chi connectivity index (χ2v) is 10.9. The summed E-state index contributed by atoms with van der Waals surface area (Å²) in [6, 6.07) is 15.4. The zero-order chi connectivity index (χ0) is 27.4. The molecule has 0 radical (unpaired) electrons. The molecular weight excluding hydrogens is 589 g/mol. The Labute approximate surface area is 319 Å². The van der Waals surface area contributed by atoms with Gasteiger partial charge in [-0.25, -0.2) is 17.9 Å². The predicted octanol–water partition coefficient (Wildman–Crippen LogP) is 3.52. The number of carboxylic acid groups (broad SMARTS) is 1. The summed E-state index contributed by atoms with van der Waals surface area (Å²) in [5.41, 5.74) is 1.96. The first-order chi connectivity index (χ1) is 18.1. The van der Waals surface area contributed by atoms with Crippen LogP contribution in [0.15, 0.2) is 65.6 Å². The molecule has 0 aliphatic carbocycles. The van der Waals surface area contributed by atoms with Gasteiger partial charge in [0.25, 0.3) is 15.9 Å². The van der Waals surface area contributed by atoms with Crippen molar-refractivity contribution in [2.75, 3.05) is 6.79 Å². The molecule has 204 valence electrons. The molecule has 1 amide bonds. The zero-order valence-electron chi connectivity index (χ0n) is 21.3. The van der Waals surface area contributed by atoms with Crippen molar-refractivity contribution < 1.29 is 37.3 Å². The van der Waals surface area contributed by atoms with Crippen LogP contribution in [0.25, 0.3) is 0 Å². The number of aryl methyl sites for hydroxylation is 1. The average Bonchev–Trinajstić information content (AvgIpc) is 3.35. The van der Waals surface area contributed by atoms with Crippen LogP contribution in [-0.2, 0) is 21.2 Å². The van der Waals surface area contributed by atoms with E-state index in [1.165, 1.54) is 30.3 Å². The average molecular weight is 620 g/mol. The number of fused-ring (bicyclic) bond motifs is 1. The van der Waals surface area contributed by atoms with E-state index < -0.39 is 28.0 Å². The number of ether oxygens (including phenoxy) is 3. The van der Waals surface area contributed by atoms with Crippen LogP contribution in [0, 0.1) is 0 Å². The Hall–Kier alpha value is -0.777. The number of sulfonamides is 1. The number of carbonyl (C=O) groups excluding carboxylic acids is 1. The third-order valence-corrected chi connectivity index (χ3v) is 7.46.